The molecule has 106 valence electrons. The second-order valence-electron chi connectivity index (χ2n) is 4.81. The molecule has 0 aliphatic carbocycles. The lowest BCUT2D eigenvalue weighted by Gasteiger charge is -2.23. The fourth-order valence-corrected chi connectivity index (χ4v) is 3.21. The molecule has 1 atom stereocenters. The number of aliphatic imine (C=N–C) groups is 1. The monoisotopic (exact) mass is 280 g/mol. The highest BCUT2D eigenvalue weighted by Gasteiger charge is 2.22. The molecule has 5 heteroatoms. The normalized spacial score (nSPS) is 20.7. The number of rotatable bonds is 5. The number of nitrogens with zero attached hydrogens (tertiary/aromatic N) is 2. The molecule has 1 saturated heterocycles. The van der Waals surface area contributed by atoms with Gasteiger partial charge < -0.3 is 10.6 Å². The summed E-state index contributed by atoms with van der Waals surface area (Å²) in [6, 6.07) is 4.88. The first-order valence-electron chi connectivity index (χ1n) is 7.04. The molecular weight excluding hydrogens is 256 g/mol. The molecule has 2 rings (SSSR count). The zero-order valence-electron chi connectivity index (χ0n) is 11.9. The topological polar surface area (TPSA) is 39.7 Å². The molecule has 2 N–H and O–H groups in total. The zero-order chi connectivity index (χ0) is 13.5. The highest BCUT2D eigenvalue weighted by Crippen LogP contribution is 2.15. The smallest absolute Gasteiger partial charge is 0.191 e. The van der Waals surface area contributed by atoms with Crippen LogP contribution < -0.4 is 10.6 Å². The Morgan fingerprint density at radius 3 is 3.11 bits per heavy atom. The summed E-state index contributed by atoms with van der Waals surface area (Å²) in [6.45, 7) is 6.46. The number of guanidine groups is 1. The molecule has 1 aliphatic heterocycles. The molecule has 0 aromatic carbocycles. The lowest BCUT2D eigenvalue weighted by Crippen LogP contribution is -2.44. The Balaban J connectivity index is 1.73. The third kappa shape index (κ3) is 4.21. The molecule has 1 fully saturated rings. The van der Waals surface area contributed by atoms with Gasteiger partial charge in [0.25, 0.3) is 0 Å². The van der Waals surface area contributed by atoms with Crippen LogP contribution in [0.4, 0.5) is 0 Å². The van der Waals surface area contributed by atoms with Gasteiger partial charge in [-0.05, 0) is 37.4 Å². The van der Waals surface area contributed by atoms with Crippen LogP contribution in [-0.2, 0) is 6.54 Å². The molecule has 0 bridgehead atoms. The summed E-state index contributed by atoms with van der Waals surface area (Å²) in [4.78, 5) is 8.15. The van der Waals surface area contributed by atoms with Gasteiger partial charge in [0.05, 0.1) is 6.54 Å². The van der Waals surface area contributed by atoms with E-state index in [1.165, 1.54) is 24.3 Å². The fraction of sp³-hybridized carbons (Fsp3) is 0.643. The van der Waals surface area contributed by atoms with Gasteiger partial charge >= 0.3 is 0 Å². The summed E-state index contributed by atoms with van der Waals surface area (Å²) < 4.78 is 0. The van der Waals surface area contributed by atoms with E-state index in [0.29, 0.717) is 6.04 Å². The fourth-order valence-electron chi connectivity index (χ4n) is 2.56. The van der Waals surface area contributed by atoms with Crippen molar-refractivity contribution in [2.24, 2.45) is 4.99 Å². The highest BCUT2D eigenvalue weighted by atomic mass is 32.1. The molecule has 0 radical (unpaired) electrons. The van der Waals surface area contributed by atoms with Crippen LogP contribution in [0.25, 0.3) is 0 Å². The van der Waals surface area contributed by atoms with Gasteiger partial charge in [-0.1, -0.05) is 13.0 Å². The first kappa shape index (κ1) is 14.3. The quantitative estimate of drug-likeness (QED) is 0.639. The molecule has 0 saturated carbocycles. The van der Waals surface area contributed by atoms with Crippen molar-refractivity contribution < 1.29 is 0 Å². The second kappa shape index (κ2) is 7.50. The largest absolute Gasteiger partial charge is 0.355 e. The van der Waals surface area contributed by atoms with Crippen molar-refractivity contribution in [1.29, 1.82) is 0 Å². The van der Waals surface area contributed by atoms with Crippen molar-refractivity contribution in [2.75, 3.05) is 26.7 Å². The lowest BCUT2D eigenvalue weighted by atomic mass is 10.2. The van der Waals surface area contributed by atoms with Crippen molar-refractivity contribution in [3.63, 3.8) is 0 Å². The maximum absolute atomic E-state index is 4.28. The van der Waals surface area contributed by atoms with Crippen molar-refractivity contribution in [3.8, 4) is 0 Å². The predicted octanol–water partition coefficient (Wildman–Crippen LogP) is 1.90. The van der Waals surface area contributed by atoms with Crippen LogP contribution in [0, 0.1) is 0 Å². The molecule has 1 aromatic rings. The highest BCUT2D eigenvalue weighted by molar-refractivity contribution is 7.09. The van der Waals surface area contributed by atoms with E-state index in [1.54, 1.807) is 11.3 Å². The molecule has 0 spiro atoms. The van der Waals surface area contributed by atoms with E-state index >= 15 is 0 Å². The second-order valence-corrected chi connectivity index (χ2v) is 5.84. The molecular formula is C14H24N4S. The van der Waals surface area contributed by atoms with Gasteiger partial charge in [0.15, 0.2) is 5.96 Å². The van der Waals surface area contributed by atoms with Gasteiger partial charge in [-0.2, -0.15) is 0 Å². The van der Waals surface area contributed by atoms with Crippen LogP contribution in [0.3, 0.4) is 0 Å². The van der Waals surface area contributed by atoms with E-state index in [1.807, 2.05) is 7.05 Å². The number of hydrogen-bond donors (Lipinski definition) is 2. The van der Waals surface area contributed by atoms with Crippen LogP contribution in [0.2, 0.25) is 0 Å². The minimum atomic E-state index is 0.658. The summed E-state index contributed by atoms with van der Waals surface area (Å²) in [6.07, 6.45) is 2.62. The first-order chi connectivity index (χ1) is 9.33. The summed E-state index contributed by atoms with van der Waals surface area (Å²) in [5, 5.41) is 8.90. The Labute approximate surface area is 119 Å². The van der Waals surface area contributed by atoms with Gasteiger partial charge in [0.1, 0.15) is 0 Å². The van der Waals surface area contributed by atoms with Crippen molar-refractivity contribution in [3.05, 3.63) is 22.4 Å². The predicted molar refractivity (Wildman–Crippen MR) is 82.8 cm³/mol. The lowest BCUT2D eigenvalue weighted by molar-refractivity contribution is 0.267. The Bertz CT molecular complexity index is 388. The third-order valence-corrected chi connectivity index (χ3v) is 4.52. The third-order valence-electron chi connectivity index (χ3n) is 3.64. The standard InChI is InChI=1S/C14H24N4S/c1-3-18-8-4-6-12(18)10-16-14(15-2)17-11-13-7-5-9-19-13/h5,7,9,12H,3-4,6,8,10-11H2,1-2H3,(H2,15,16,17). The average molecular weight is 280 g/mol. The van der Waals surface area contributed by atoms with Crippen molar-refractivity contribution in [1.82, 2.24) is 15.5 Å². The Hall–Kier alpha value is -1.07. The summed E-state index contributed by atoms with van der Waals surface area (Å²) >= 11 is 1.77. The summed E-state index contributed by atoms with van der Waals surface area (Å²) in [7, 11) is 1.83. The van der Waals surface area contributed by atoms with Gasteiger partial charge in [0.2, 0.25) is 0 Å². The molecule has 1 unspecified atom stereocenters. The minimum absolute atomic E-state index is 0.658. The van der Waals surface area contributed by atoms with E-state index in [4.69, 9.17) is 0 Å². The summed E-state index contributed by atoms with van der Waals surface area (Å²) in [5.74, 6) is 0.899. The first-order valence-corrected chi connectivity index (χ1v) is 7.92. The molecule has 1 aliphatic rings. The van der Waals surface area contributed by atoms with Crippen molar-refractivity contribution >= 4 is 17.3 Å². The van der Waals surface area contributed by atoms with Crippen LogP contribution in [0.15, 0.2) is 22.5 Å². The van der Waals surface area contributed by atoms with Crippen LogP contribution in [0.5, 0.6) is 0 Å². The van der Waals surface area contributed by atoms with Gasteiger partial charge in [0, 0.05) is 24.5 Å². The van der Waals surface area contributed by atoms with Gasteiger partial charge in [-0.25, -0.2) is 0 Å². The maximum atomic E-state index is 4.28. The summed E-state index contributed by atoms with van der Waals surface area (Å²) in [5.41, 5.74) is 0. The Morgan fingerprint density at radius 2 is 2.42 bits per heavy atom. The van der Waals surface area contributed by atoms with E-state index in [2.05, 4.69) is 45.0 Å². The number of thiophene rings is 1. The van der Waals surface area contributed by atoms with Crippen molar-refractivity contribution in [2.45, 2.75) is 32.4 Å². The number of likely N-dealkylation sites (N-methyl/N-ethyl adjacent to an activating group) is 1. The minimum Gasteiger partial charge on any atom is -0.355 e. The molecule has 1 aromatic heterocycles. The molecule has 2 heterocycles. The van der Waals surface area contributed by atoms with Crippen LogP contribution in [-0.4, -0.2) is 43.6 Å². The van der Waals surface area contributed by atoms with Crippen LogP contribution in [0.1, 0.15) is 24.6 Å². The van der Waals surface area contributed by atoms with Gasteiger partial charge in [-0.15, -0.1) is 11.3 Å². The van der Waals surface area contributed by atoms with E-state index in [-0.39, 0.29) is 0 Å². The average Bonchev–Trinajstić information content (AvgIpc) is 3.09. The SMILES string of the molecule is CCN1CCCC1CNC(=NC)NCc1cccs1. The maximum Gasteiger partial charge on any atom is 0.191 e. The van der Waals surface area contributed by atoms with Crippen LogP contribution >= 0.6 is 11.3 Å². The van der Waals surface area contributed by atoms with E-state index in [0.717, 1.165) is 25.6 Å². The number of nitrogens with one attached hydrogen (secondary N) is 2. The van der Waals surface area contributed by atoms with Gasteiger partial charge in [-0.3, -0.25) is 9.89 Å². The zero-order valence-corrected chi connectivity index (χ0v) is 12.7. The number of likely N-dealkylation sites (tertiary alicyclic amines) is 1. The number of hydrogen-bond acceptors (Lipinski definition) is 3. The Morgan fingerprint density at radius 1 is 1.53 bits per heavy atom. The van der Waals surface area contributed by atoms with E-state index < -0.39 is 0 Å². The molecule has 4 nitrogen and oxygen atoms in total. The van der Waals surface area contributed by atoms with E-state index in [9.17, 15) is 0 Å². The molecule has 19 heavy (non-hydrogen) atoms. The molecule has 0 amide bonds. The Kier molecular flexibility index (Phi) is 5.66.